The molecule has 0 radical (unpaired) electrons. The Balaban J connectivity index is 0.00000392. The standard InChI is InChI=1S/C21H33N3O3.ClH/c1-4-24(15-20(25)26)19-8-10-23(11-9-19)14-17-6-5-7-18(12-17)21(27)22-13-16(2)3;/h5-7,12,16,19H,4,8-11,13-15H2,1-3H3,(H,22,27)(H,25,26);1H. The first-order valence-corrected chi connectivity index (χ1v) is 9.94. The quantitative estimate of drug-likeness (QED) is 0.653. The number of aliphatic carboxylic acids is 1. The lowest BCUT2D eigenvalue weighted by Gasteiger charge is -2.37. The fraction of sp³-hybridized carbons (Fsp3) is 0.619. The number of rotatable bonds is 9. The SMILES string of the molecule is CCN(CC(=O)O)C1CCN(Cc2cccc(C(=O)NCC(C)C)c2)CC1.Cl. The van der Waals surface area contributed by atoms with E-state index >= 15 is 0 Å². The number of nitrogens with zero attached hydrogens (tertiary/aromatic N) is 2. The number of likely N-dealkylation sites (tertiary alicyclic amines) is 1. The maximum absolute atomic E-state index is 12.3. The Hall–Kier alpha value is -1.63. The third-order valence-corrected chi connectivity index (χ3v) is 5.08. The van der Waals surface area contributed by atoms with Gasteiger partial charge in [-0.05, 0) is 56.1 Å². The maximum Gasteiger partial charge on any atom is 0.317 e. The smallest absolute Gasteiger partial charge is 0.317 e. The van der Waals surface area contributed by atoms with Gasteiger partial charge >= 0.3 is 5.97 Å². The summed E-state index contributed by atoms with van der Waals surface area (Å²) in [5, 5.41) is 12.0. The number of carboxylic acids is 1. The number of nitrogens with one attached hydrogen (secondary N) is 1. The number of halogens is 1. The molecule has 0 bridgehead atoms. The molecule has 1 aliphatic rings. The van der Waals surface area contributed by atoms with Gasteiger partial charge in [0.1, 0.15) is 0 Å². The van der Waals surface area contributed by atoms with E-state index in [-0.39, 0.29) is 24.9 Å². The lowest BCUT2D eigenvalue weighted by atomic mass is 10.0. The molecule has 0 spiro atoms. The van der Waals surface area contributed by atoms with Gasteiger partial charge in [-0.3, -0.25) is 19.4 Å². The molecule has 2 rings (SSSR count). The number of carboxylic acid groups (broad SMARTS) is 1. The Kier molecular flexibility index (Phi) is 10.5. The van der Waals surface area contributed by atoms with Crippen LogP contribution in [0, 0.1) is 5.92 Å². The lowest BCUT2D eigenvalue weighted by Crippen LogP contribution is -2.46. The van der Waals surface area contributed by atoms with Crippen LogP contribution in [0.1, 0.15) is 49.5 Å². The number of carbonyl (C=O) groups is 2. The second-order valence-corrected chi connectivity index (χ2v) is 7.77. The van der Waals surface area contributed by atoms with Gasteiger partial charge in [0.15, 0.2) is 0 Å². The average Bonchev–Trinajstić information content (AvgIpc) is 2.65. The topological polar surface area (TPSA) is 72.9 Å². The number of hydrogen-bond acceptors (Lipinski definition) is 4. The van der Waals surface area contributed by atoms with Crippen LogP contribution in [0.5, 0.6) is 0 Å². The van der Waals surface area contributed by atoms with Crippen LogP contribution in [-0.2, 0) is 11.3 Å². The highest BCUT2D eigenvalue weighted by Crippen LogP contribution is 2.19. The van der Waals surface area contributed by atoms with Crippen molar-refractivity contribution in [3.8, 4) is 0 Å². The molecule has 158 valence electrons. The average molecular weight is 412 g/mol. The van der Waals surface area contributed by atoms with Crippen molar-refractivity contribution in [1.82, 2.24) is 15.1 Å². The summed E-state index contributed by atoms with van der Waals surface area (Å²) in [7, 11) is 0. The summed E-state index contributed by atoms with van der Waals surface area (Å²) in [4.78, 5) is 27.7. The van der Waals surface area contributed by atoms with Crippen molar-refractivity contribution in [1.29, 1.82) is 0 Å². The summed E-state index contributed by atoms with van der Waals surface area (Å²) >= 11 is 0. The Bertz CT molecular complexity index is 631. The van der Waals surface area contributed by atoms with Gasteiger partial charge in [0.2, 0.25) is 0 Å². The predicted octanol–water partition coefficient (Wildman–Crippen LogP) is 2.87. The minimum absolute atomic E-state index is 0. The normalized spacial score (nSPS) is 15.5. The monoisotopic (exact) mass is 411 g/mol. The minimum Gasteiger partial charge on any atom is -0.480 e. The van der Waals surface area contributed by atoms with E-state index in [2.05, 4.69) is 35.0 Å². The van der Waals surface area contributed by atoms with Gasteiger partial charge in [-0.2, -0.15) is 0 Å². The molecule has 7 heteroatoms. The zero-order valence-corrected chi connectivity index (χ0v) is 18.0. The van der Waals surface area contributed by atoms with Crippen molar-refractivity contribution >= 4 is 24.3 Å². The molecular weight excluding hydrogens is 378 g/mol. The first-order valence-electron chi connectivity index (χ1n) is 9.94. The first-order chi connectivity index (χ1) is 12.9. The summed E-state index contributed by atoms with van der Waals surface area (Å²) < 4.78 is 0. The van der Waals surface area contributed by atoms with E-state index in [1.165, 1.54) is 0 Å². The number of likely N-dealkylation sites (N-methyl/N-ethyl adjacent to an activating group) is 1. The third kappa shape index (κ3) is 7.78. The maximum atomic E-state index is 12.3. The van der Waals surface area contributed by atoms with E-state index in [0.29, 0.717) is 24.1 Å². The molecule has 6 nitrogen and oxygen atoms in total. The van der Waals surface area contributed by atoms with Gasteiger partial charge in [0.25, 0.3) is 5.91 Å². The molecule has 0 atom stereocenters. The van der Waals surface area contributed by atoms with E-state index in [4.69, 9.17) is 5.11 Å². The predicted molar refractivity (Wildman–Crippen MR) is 114 cm³/mol. The van der Waals surface area contributed by atoms with Crippen LogP contribution in [0.2, 0.25) is 0 Å². The number of amides is 1. The van der Waals surface area contributed by atoms with Crippen LogP contribution >= 0.6 is 12.4 Å². The highest BCUT2D eigenvalue weighted by Gasteiger charge is 2.25. The molecule has 1 saturated heterocycles. The lowest BCUT2D eigenvalue weighted by molar-refractivity contribution is -0.139. The van der Waals surface area contributed by atoms with Crippen LogP contribution in [-0.4, -0.2) is 65.5 Å². The highest BCUT2D eigenvalue weighted by molar-refractivity contribution is 5.94. The largest absolute Gasteiger partial charge is 0.480 e. The molecule has 0 saturated carbocycles. The zero-order chi connectivity index (χ0) is 19.8. The van der Waals surface area contributed by atoms with Crippen LogP contribution in [0.25, 0.3) is 0 Å². The van der Waals surface area contributed by atoms with Crippen molar-refractivity contribution in [2.45, 2.75) is 46.2 Å². The van der Waals surface area contributed by atoms with Gasteiger partial charge < -0.3 is 10.4 Å². The molecule has 1 heterocycles. The van der Waals surface area contributed by atoms with E-state index in [9.17, 15) is 9.59 Å². The third-order valence-electron chi connectivity index (χ3n) is 5.08. The number of carbonyl (C=O) groups excluding carboxylic acids is 1. The van der Waals surface area contributed by atoms with Crippen molar-refractivity contribution in [3.05, 3.63) is 35.4 Å². The molecule has 0 aromatic heterocycles. The highest BCUT2D eigenvalue weighted by atomic mass is 35.5. The van der Waals surface area contributed by atoms with Crippen LogP contribution in [0.15, 0.2) is 24.3 Å². The fourth-order valence-electron chi connectivity index (χ4n) is 3.58. The van der Waals surface area contributed by atoms with Gasteiger partial charge in [-0.1, -0.05) is 32.9 Å². The van der Waals surface area contributed by atoms with Gasteiger partial charge in [0.05, 0.1) is 6.54 Å². The summed E-state index contributed by atoms with van der Waals surface area (Å²) in [5.41, 5.74) is 1.85. The molecule has 0 unspecified atom stereocenters. The van der Waals surface area contributed by atoms with E-state index in [0.717, 1.165) is 44.6 Å². The Morgan fingerprint density at radius 1 is 1.29 bits per heavy atom. The fourth-order valence-corrected chi connectivity index (χ4v) is 3.58. The summed E-state index contributed by atoms with van der Waals surface area (Å²) in [5.74, 6) is -0.342. The second kappa shape index (κ2) is 12.0. The molecule has 28 heavy (non-hydrogen) atoms. The van der Waals surface area contributed by atoms with Crippen molar-refractivity contribution in [2.75, 3.05) is 32.7 Å². The molecule has 1 fully saturated rings. The van der Waals surface area contributed by atoms with Gasteiger partial charge in [-0.15, -0.1) is 12.4 Å². The molecule has 2 N–H and O–H groups in total. The summed E-state index contributed by atoms with van der Waals surface area (Å²) in [6, 6.07) is 8.18. The molecule has 1 aromatic carbocycles. The Morgan fingerprint density at radius 2 is 1.96 bits per heavy atom. The van der Waals surface area contributed by atoms with Crippen LogP contribution in [0.4, 0.5) is 0 Å². The Labute approximate surface area is 174 Å². The summed E-state index contributed by atoms with van der Waals surface area (Å²) in [6.07, 6.45) is 1.96. The Morgan fingerprint density at radius 3 is 2.54 bits per heavy atom. The van der Waals surface area contributed by atoms with Crippen molar-refractivity contribution < 1.29 is 14.7 Å². The van der Waals surface area contributed by atoms with E-state index < -0.39 is 5.97 Å². The van der Waals surface area contributed by atoms with Crippen molar-refractivity contribution in [2.24, 2.45) is 5.92 Å². The van der Waals surface area contributed by atoms with E-state index in [1.807, 2.05) is 25.1 Å². The minimum atomic E-state index is -0.758. The molecule has 0 aliphatic carbocycles. The molecular formula is C21H34ClN3O3. The first kappa shape index (κ1) is 24.4. The second-order valence-electron chi connectivity index (χ2n) is 7.77. The van der Waals surface area contributed by atoms with Crippen molar-refractivity contribution in [3.63, 3.8) is 0 Å². The van der Waals surface area contributed by atoms with Gasteiger partial charge in [-0.25, -0.2) is 0 Å². The molecule has 1 aromatic rings. The van der Waals surface area contributed by atoms with Crippen LogP contribution < -0.4 is 5.32 Å². The summed E-state index contributed by atoms with van der Waals surface area (Å²) in [6.45, 7) is 10.5. The molecule has 1 aliphatic heterocycles. The number of benzene rings is 1. The zero-order valence-electron chi connectivity index (χ0n) is 17.2. The molecule has 1 amide bonds. The van der Waals surface area contributed by atoms with Crippen LogP contribution in [0.3, 0.4) is 0 Å². The number of piperidine rings is 1. The number of hydrogen-bond donors (Lipinski definition) is 2. The van der Waals surface area contributed by atoms with E-state index in [1.54, 1.807) is 0 Å². The van der Waals surface area contributed by atoms with Gasteiger partial charge in [0, 0.05) is 24.7 Å².